The maximum Gasteiger partial charge on any atom is 0.412 e. The van der Waals surface area contributed by atoms with Gasteiger partial charge in [0.15, 0.2) is 5.82 Å². The van der Waals surface area contributed by atoms with Crippen LogP contribution >= 0.6 is 0 Å². The summed E-state index contributed by atoms with van der Waals surface area (Å²) < 4.78 is 5.46. The quantitative estimate of drug-likeness (QED) is 0.415. The number of carboxylic acid groups (broad SMARTS) is 1. The van der Waals surface area contributed by atoms with Gasteiger partial charge in [-0.1, -0.05) is 61.9 Å². The number of H-pyrrole nitrogens is 1. The number of anilines is 1. The van der Waals surface area contributed by atoms with Gasteiger partial charge in [-0.25, -0.2) is 9.59 Å². The number of rotatable bonds is 8. The van der Waals surface area contributed by atoms with Crippen molar-refractivity contribution in [2.24, 2.45) is 0 Å². The van der Waals surface area contributed by atoms with Gasteiger partial charge in [-0.3, -0.25) is 15.2 Å². The summed E-state index contributed by atoms with van der Waals surface area (Å²) in [4.78, 5) is 35.9. The first kappa shape index (κ1) is 22.1. The van der Waals surface area contributed by atoms with Gasteiger partial charge in [-0.2, -0.15) is 5.10 Å². The molecule has 1 aliphatic carbocycles. The lowest BCUT2D eigenvalue weighted by Gasteiger charge is -2.14. The zero-order valence-corrected chi connectivity index (χ0v) is 18.0. The lowest BCUT2D eigenvalue weighted by atomic mass is 9.98. The normalized spacial score (nSPS) is 13.0. The molecule has 9 heteroatoms. The molecule has 4 rings (SSSR count). The van der Waals surface area contributed by atoms with Crippen molar-refractivity contribution in [3.8, 4) is 11.1 Å². The van der Waals surface area contributed by atoms with Crippen LogP contribution in [0.2, 0.25) is 0 Å². The van der Waals surface area contributed by atoms with Crippen LogP contribution in [0.5, 0.6) is 0 Å². The molecule has 2 amide bonds. The Morgan fingerprint density at radius 1 is 1.09 bits per heavy atom. The second-order valence-electron chi connectivity index (χ2n) is 7.77. The van der Waals surface area contributed by atoms with Crippen molar-refractivity contribution in [1.82, 2.24) is 15.5 Å². The fourth-order valence-electron chi connectivity index (χ4n) is 4.02. The van der Waals surface area contributed by atoms with Crippen LogP contribution in [0.1, 0.15) is 47.3 Å². The van der Waals surface area contributed by atoms with Crippen LogP contribution in [0.25, 0.3) is 11.1 Å². The maximum absolute atomic E-state index is 12.4. The van der Waals surface area contributed by atoms with E-state index < -0.39 is 24.0 Å². The summed E-state index contributed by atoms with van der Waals surface area (Å²) in [5.41, 5.74) is 4.50. The summed E-state index contributed by atoms with van der Waals surface area (Å²) in [6.07, 6.45) is 0.208. The Balaban J connectivity index is 1.36. The van der Waals surface area contributed by atoms with Crippen molar-refractivity contribution in [1.29, 1.82) is 0 Å². The minimum atomic E-state index is -1.11. The molecule has 0 aliphatic heterocycles. The van der Waals surface area contributed by atoms with Crippen LogP contribution in [-0.4, -0.2) is 45.9 Å². The van der Waals surface area contributed by atoms with Gasteiger partial charge in [0.1, 0.15) is 18.3 Å². The SMILES string of the molecule is CCC[C@@H](NC(=O)c1cc(NC(=O)OCC2c3ccccc3-c3ccccc32)n[nH]1)C(=O)O. The highest BCUT2D eigenvalue weighted by atomic mass is 16.5. The molecule has 0 saturated carbocycles. The Labute approximate surface area is 190 Å². The number of nitrogens with one attached hydrogen (secondary N) is 3. The van der Waals surface area contributed by atoms with Gasteiger partial charge in [0.05, 0.1) is 0 Å². The Morgan fingerprint density at radius 3 is 2.33 bits per heavy atom. The van der Waals surface area contributed by atoms with Crippen LogP contribution < -0.4 is 10.6 Å². The van der Waals surface area contributed by atoms with E-state index in [1.807, 2.05) is 43.3 Å². The molecule has 0 radical (unpaired) electrons. The monoisotopic (exact) mass is 448 g/mol. The van der Waals surface area contributed by atoms with Gasteiger partial charge in [-0.15, -0.1) is 0 Å². The molecule has 4 N–H and O–H groups in total. The van der Waals surface area contributed by atoms with Crippen LogP contribution in [0.15, 0.2) is 54.6 Å². The Morgan fingerprint density at radius 2 is 1.73 bits per heavy atom. The van der Waals surface area contributed by atoms with E-state index in [1.165, 1.54) is 6.07 Å². The van der Waals surface area contributed by atoms with Gasteiger partial charge < -0.3 is 15.2 Å². The van der Waals surface area contributed by atoms with E-state index >= 15 is 0 Å². The van der Waals surface area contributed by atoms with Crippen molar-refractivity contribution >= 4 is 23.8 Å². The number of carbonyl (C=O) groups is 3. The van der Waals surface area contributed by atoms with E-state index in [0.29, 0.717) is 12.8 Å². The standard InChI is InChI=1S/C24H24N4O5/c1-2-7-19(23(30)31)25-22(29)20-12-21(28-27-20)26-24(32)33-13-18-16-10-5-3-8-14(16)15-9-4-6-11-17(15)18/h3-6,8-12,18-19H,2,7,13H2,1H3,(H,25,29)(H,30,31)(H2,26,27,28,32)/t19-/m1/s1. The van der Waals surface area contributed by atoms with E-state index in [-0.39, 0.29) is 24.0 Å². The number of carbonyl (C=O) groups excluding carboxylic acids is 2. The summed E-state index contributed by atoms with van der Waals surface area (Å²) in [7, 11) is 0. The first-order valence-electron chi connectivity index (χ1n) is 10.7. The number of aliphatic carboxylic acids is 1. The Kier molecular flexibility index (Phi) is 6.39. The molecule has 1 aromatic heterocycles. The number of hydrogen-bond donors (Lipinski definition) is 4. The Bertz CT molecular complexity index is 1140. The average molecular weight is 448 g/mol. The molecule has 0 fully saturated rings. The molecule has 1 atom stereocenters. The third kappa shape index (κ3) is 4.72. The van der Waals surface area contributed by atoms with Crippen LogP contribution in [0.3, 0.4) is 0 Å². The van der Waals surface area contributed by atoms with Crippen molar-refractivity contribution < 1.29 is 24.2 Å². The van der Waals surface area contributed by atoms with Crippen LogP contribution in [-0.2, 0) is 9.53 Å². The summed E-state index contributed by atoms with van der Waals surface area (Å²) in [6, 6.07) is 16.4. The largest absolute Gasteiger partial charge is 0.480 e. The number of aromatic nitrogens is 2. The predicted octanol–water partition coefficient (Wildman–Crippen LogP) is 3.75. The smallest absolute Gasteiger partial charge is 0.412 e. The van der Waals surface area contributed by atoms with Gasteiger partial charge >= 0.3 is 12.1 Å². The zero-order chi connectivity index (χ0) is 23.4. The second kappa shape index (κ2) is 9.56. The number of hydrogen-bond acceptors (Lipinski definition) is 5. The highest BCUT2D eigenvalue weighted by Gasteiger charge is 2.29. The summed E-state index contributed by atoms with van der Waals surface area (Å²) in [6.45, 7) is 1.98. The number of amides is 2. The van der Waals surface area contributed by atoms with E-state index in [1.54, 1.807) is 0 Å². The minimum absolute atomic E-state index is 0.0336. The highest BCUT2D eigenvalue weighted by molar-refractivity contribution is 5.96. The lowest BCUT2D eigenvalue weighted by Crippen LogP contribution is -2.40. The van der Waals surface area contributed by atoms with E-state index in [9.17, 15) is 19.5 Å². The molecule has 33 heavy (non-hydrogen) atoms. The summed E-state index contributed by atoms with van der Waals surface area (Å²) in [5, 5.41) is 20.5. The van der Waals surface area contributed by atoms with Crippen LogP contribution in [0.4, 0.5) is 10.6 Å². The third-order valence-electron chi connectivity index (χ3n) is 5.58. The molecule has 1 aliphatic rings. The predicted molar refractivity (Wildman–Crippen MR) is 121 cm³/mol. The molecular weight excluding hydrogens is 424 g/mol. The van der Waals surface area contributed by atoms with Crippen molar-refractivity contribution in [2.45, 2.75) is 31.7 Å². The molecule has 0 saturated heterocycles. The first-order chi connectivity index (χ1) is 16.0. The molecule has 0 bridgehead atoms. The van der Waals surface area contributed by atoms with E-state index in [4.69, 9.17) is 4.74 Å². The third-order valence-corrected chi connectivity index (χ3v) is 5.58. The fourth-order valence-corrected chi connectivity index (χ4v) is 4.02. The van der Waals surface area contributed by atoms with Crippen LogP contribution in [0, 0.1) is 0 Å². The first-order valence-corrected chi connectivity index (χ1v) is 10.7. The van der Waals surface area contributed by atoms with Gasteiger partial charge in [0.25, 0.3) is 5.91 Å². The summed E-state index contributed by atoms with van der Waals surface area (Å²) >= 11 is 0. The average Bonchev–Trinajstić information content (AvgIpc) is 3.40. The number of fused-ring (bicyclic) bond motifs is 3. The zero-order valence-electron chi connectivity index (χ0n) is 18.0. The van der Waals surface area contributed by atoms with Crippen molar-refractivity contribution in [3.63, 3.8) is 0 Å². The number of carboxylic acids is 1. The topological polar surface area (TPSA) is 133 Å². The molecule has 0 unspecified atom stereocenters. The molecular formula is C24H24N4O5. The van der Waals surface area contributed by atoms with Crippen molar-refractivity contribution in [3.05, 3.63) is 71.4 Å². The summed E-state index contributed by atoms with van der Waals surface area (Å²) in [5.74, 6) is -1.71. The Hall–Kier alpha value is -4.14. The molecule has 170 valence electrons. The van der Waals surface area contributed by atoms with Crippen molar-refractivity contribution in [2.75, 3.05) is 11.9 Å². The molecule has 2 aromatic carbocycles. The molecule has 1 heterocycles. The molecule has 0 spiro atoms. The minimum Gasteiger partial charge on any atom is -0.480 e. The van der Waals surface area contributed by atoms with E-state index in [0.717, 1.165) is 22.3 Å². The number of aromatic amines is 1. The number of benzene rings is 2. The number of nitrogens with zero attached hydrogens (tertiary/aromatic N) is 1. The lowest BCUT2D eigenvalue weighted by molar-refractivity contribution is -0.139. The van der Waals surface area contributed by atoms with Gasteiger partial charge in [0.2, 0.25) is 0 Å². The molecule has 3 aromatic rings. The highest BCUT2D eigenvalue weighted by Crippen LogP contribution is 2.44. The van der Waals surface area contributed by atoms with Gasteiger partial charge in [0, 0.05) is 12.0 Å². The van der Waals surface area contributed by atoms with E-state index in [2.05, 4.69) is 33.0 Å². The van der Waals surface area contributed by atoms with Gasteiger partial charge in [-0.05, 0) is 28.7 Å². The fraction of sp³-hybridized carbons (Fsp3) is 0.250. The maximum atomic E-state index is 12.4. The molecule has 9 nitrogen and oxygen atoms in total. The number of ether oxygens (including phenoxy) is 1. The second-order valence-corrected chi connectivity index (χ2v) is 7.77.